The maximum Gasteiger partial charge on any atom is 0.337 e. The van der Waals surface area contributed by atoms with E-state index in [0.717, 1.165) is 17.5 Å². The second-order valence-electron chi connectivity index (χ2n) is 8.20. The van der Waals surface area contributed by atoms with Crippen molar-refractivity contribution in [2.75, 3.05) is 47.8 Å². The van der Waals surface area contributed by atoms with Crippen molar-refractivity contribution in [2.45, 2.75) is 11.8 Å². The molecule has 8 nitrogen and oxygen atoms in total. The van der Waals surface area contributed by atoms with Crippen LogP contribution in [0.1, 0.15) is 15.9 Å². The average Bonchev–Trinajstić information content (AvgIpc) is 2.85. The van der Waals surface area contributed by atoms with E-state index in [2.05, 4.69) is 9.62 Å². The molecular formula is C25H26FN3O5S. The van der Waals surface area contributed by atoms with E-state index in [1.807, 2.05) is 29.2 Å². The van der Waals surface area contributed by atoms with Crippen molar-refractivity contribution >= 4 is 33.1 Å². The van der Waals surface area contributed by atoms with Crippen LogP contribution in [0.5, 0.6) is 5.75 Å². The number of anilines is 3. The first-order valence-corrected chi connectivity index (χ1v) is 12.5. The van der Waals surface area contributed by atoms with Gasteiger partial charge in [0.1, 0.15) is 11.6 Å². The third-order valence-electron chi connectivity index (χ3n) is 5.97. The van der Waals surface area contributed by atoms with E-state index >= 15 is 0 Å². The summed E-state index contributed by atoms with van der Waals surface area (Å²) in [5.41, 5.74) is 1.92. The van der Waals surface area contributed by atoms with Gasteiger partial charge in [0, 0.05) is 31.9 Å². The monoisotopic (exact) mass is 499 g/mol. The predicted molar refractivity (Wildman–Crippen MR) is 133 cm³/mol. The number of nitrogens with one attached hydrogen (secondary N) is 1. The zero-order chi connectivity index (χ0) is 25.2. The lowest BCUT2D eigenvalue weighted by atomic mass is 10.1. The summed E-state index contributed by atoms with van der Waals surface area (Å²) in [5, 5.41) is 9.83. The zero-order valence-electron chi connectivity index (χ0n) is 19.4. The van der Waals surface area contributed by atoms with Crippen LogP contribution in [0.2, 0.25) is 0 Å². The summed E-state index contributed by atoms with van der Waals surface area (Å²) >= 11 is 0. The molecule has 1 heterocycles. The van der Waals surface area contributed by atoms with Gasteiger partial charge in [0.2, 0.25) is 0 Å². The molecule has 35 heavy (non-hydrogen) atoms. The van der Waals surface area contributed by atoms with Gasteiger partial charge in [-0.15, -0.1) is 0 Å². The van der Waals surface area contributed by atoms with Gasteiger partial charge >= 0.3 is 5.97 Å². The lowest BCUT2D eigenvalue weighted by Crippen LogP contribution is -2.47. The van der Waals surface area contributed by atoms with Crippen LogP contribution in [0.25, 0.3) is 0 Å². The fraction of sp³-hybridized carbons (Fsp3) is 0.240. The number of carboxylic acid groups (broad SMARTS) is 1. The van der Waals surface area contributed by atoms with Gasteiger partial charge in [-0.2, -0.15) is 0 Å². The number of methoxy groups -OCH3 is 1. The van der Waals surface area contributed by atoms with Gasteiger partial charge in [0.25, 0.3) is 10.0 Å². The molecule has 1 saturated heterocycles. The molecule has 0 amide bonds. The summed E-state index contributed by atoms with van der Waals surface area (Å²) in [5.74, 6) is -1.07. The Morgan fingerprint density at radius 3 is 2.29 bits per heavy atom. The van der Waals surface area contributed by atoms with Crippen LogP contribution in [0.15, 0.2) is 65.6 Å². The first-order valence-electron chi connectivity index (χ1n) is 11.0. The van der Waals surface area contributed by atoms with Gasteiger partial charge in [-0.1, -0.05) is 18.2 Å². The maximum absolute atomic E-state index is 13.6. The third kappa shape index (κ3) is 5.17. The van der Waals surface area contributed by atoms with E-state index in [1.165, 1.54) is 24.3 Å². The number of aryl methyl sites for hydroxylation is 1. The summed E-state index contributed by atoms with van der Waals surface area (Å²) in [6.45, 7) is 4.03. The molecule has 0 atom stereocenters. The van der Waals surface area contributed by atoms with E-state index < -0.39 is 21.8 Å². The number of halogens is 1. The fourth-order valence-corrected chi connectivity index (χ4v) is 5.51. The highest BCUT2D eigenvalue weighted by Gasteiger charge is 2.24. The molecule has 2 N–H and O–H groups in total. The number of aromatic carboxylic acids is 1. The second-order valence-corrected chi connectivity index (χ2v) is 9.85. The molecule has 0 radical (unpaired) electrons. The van der Waals surface area contributed by atoms with Gasteiger partial charge in [-0.3, -0.25) is 4.72 Å². The molecule has 1 aliphatic heterocycles. The van der Waals surface area contributed by atoms with Crippen molar-refractivity contribution in [3.63, 3.8) is 0 Å². The Kier molecular flexibility index (Phi) is 6.83. The fourth-order valence-electron chi connectivity index (χ4n) is 4.20. The molecule has 3 aromatic rings. The molecule has 1 fully saturated rings. The number of carboxylic acids is 1. The Labute approximate surface area is 203 Å². The highest BCUT2D eigenvalue weighted by molar-refractivity contribution is 7.92. The largest absolute Gasteiger partial charge is 0.495 e. The summed E-state index contributed by atoms with van der Waals surface area (Å²) in [4.78, 5) is 16.0. The molecule has 3 aromatic carbocycles. The number of piperazine rings is 1. The van der Waals surface area contributed by atoms with Crippen molar-refractivity contribution in [1.82, 2.24) is 0 Å². The molecule has 10 heteroatoms. The highest BCUT2D eigenvalue weighted by atomic mass is 32.2. The van der Waals surface area contributed by atoms with Crippen molar-refractivity contribution in [1.29, 1.82) is 0 Å². The maximum atomic E-state index is 13.6. The number of carbonyl (C=O) groups is 1. The summed E-state index contributed by atoms with van der Waals surface area (Å²) < 4.78 is 47.1. The number of hydrogen-bond donors (Lipinski definition) is 2. The van der Waals surface area contributed by atoms with Crippen molar-refractivity contribution in [2.24, 2.45) is 0 Å². The highest BCUT2D eigenvalue weighted by Crippen LogP contribution is 2.31. The lowest BCUT2D eigenvalue weighted by molar-refractivity contribution is 0.0697. The first-order chi connectivity index (χ1) is 16.7. The smallest absolute Gasteiger partial charge is 0.337 e. The van der Waals surface area contributed by atoms with Gasteiger partial charge in [0.15, 0.2) is 0 Å². The topological polar surface area (TPSA) is 99.2 Å². The minimum absolute atomic E-state index is 0.0214. The van der Waals surface area contributed by atoms with Crippen molar-refractivity contribution in [3.8, 4) is 5.75 Å². The third-order valence-corrected chi connectivity index (χ3v) is 7.49. The van der Waals surface area contributed by atoms with Crippen LogP contribution >= 0.6 is 0 Å². The summed E-state index contributed by atoms with van der Waals surface area (Å²) in [7, 11) is -2.48. The number of rotatable bonds is 7. The average molecular weight is 500 g/mol. The molecule has 0 saturated carbocycles. The minimum atomic E-state index is -4.11. The predicted octanol–water partition coefficient (Wildman–Crippen LogP) is 3.97. The van der Waals surface area contributed by atoms with E-state index in [-0.39, 0.29) is 16.1 Å². The normalized spacial score (nSPS) is 14.0. The Morgan fingerprint density at radius 2 is 1.63 bits per heavy atom. The van der Waals surface area contributed by atoms with Crippen molar-refractivity contribution < 1.29 is 27.4 Å². The lowest BCUT2D eigenvalue weighted by Gasteiger charge is -2.38. The van der Waals surface area contributed by atoms with Crippen LogP contribution < -0.4 is 19.3 Å². The van der Waals surface area contributed by atoms with Crippen LogP contribution in [0.3, 0.4) is 0 Å². The molecule has 0 aromatic heterocycles. The second kappa shape index (κ2) is 9.83. The van der Waals surface area contributed by atoms with Gasteiger partial charge in [0.05, 0.1) is 28.9 Å². The Hall–Kier alpha value is -3.79. The number of para-hydroxylation sites is 2. The molecule has 0 bridgehead atoms. The summed E-state index contributed by atoms with van der Waals surface area (Å²) in [6.07, 6.45) is 0. The number of ether oxygens (including phenoxy) is 1. The molecule has 0 unspecified atom stereocenters. The van der Waals surface area contributed by atoms with Gasteiger partial charge in [-0.25, -0.2) is 17.6 Å². The standard InChI is InChI=1S/C25H26FN3O5S/c1-17-7-8-18(26)15-24(17)35(32,33)27-19-9-10-21(20(16-19)25(30)31)28-11-13-29(14-12-28)22-5-3-4-6-23(22)34-2/h3-10,15-16,27H,11-14H2,1-2H3,(H,30,31). The Morgan fingerprint density at radius 1 is 0.971 bits per heavy atom. The van der Waals surface area contributed by atoms with E-state index in [1.54, 1.807) is 20.1 Å². The molecule has 0 spiro atoms. The molecule has 1 aliphatic rings. The SMILES string of the molecule is COc1ccccc1N1CCN(c2ccc(NS(=O)(=O)c3cc(F)ccc3C)cc2C(=O)O)CC1. The quantitative estimate of drug-likeness (QED) is 0.508. The number of sulfonamides is 1. The molecule has 184 valence electrons. The van der Waals surface area contributed by atoms with Crippen LogP contribution in [0.4, 0.5) is 21.5 Å². The Bertz CT molecular complexity index is 1350. The molecular weight excluding hydrogens is 473 g/mol. The first kappa shape index (κ1) is 24.3. The molecule has 0 aliphatic carbocycles. The van der Waals surface area contributed by atoms with Gasteiger partial charge in [-0.05, 0) is 55.0 Å². The van der Waals surface area contributed by atoms with E-state index in [0.29, 0.717) is 37.4 Å². The van der Waals surface area contributed by atoms with Crippen LogP contribution in [-0.2, 0) is 10.0 Å². The minimum Gasteiger partial charge on any atom is -0.495 e. The van der Waals surface area contributed by atoms with Crippen LogP contribution in [-0.4, -0.2) is 52.8 Å². The zero-order valence-corrected chi connectivity index (χ0v) is 20.2. The molecule has 4 rings (SSSR count). The number of benzene rings is 3. The van der Waals surface area contributed by atoms with Crippen LogP contribution in [0, 0.1) is 12.7 Å². The van der Waals surface area contributed by atoms with Gasteiger partial charge < -0.3 is 19.6 Å². The summed E-state index contributed by atoms with van der Waals surface area (Å²) in [6, 6.07) is 15.6. The van der Waals surface area contributed by atoms with E-state index in [4.69, 9.17) is 4.74 Å². The number of hydrogen-bond acceptors (Lipinski definition) is 6. The van der Waals surface area contributed by atoms with Crippen molar-refractivity contribution in [3.05, 3.63) is 77.6 Å². The number of nitrogens with zero attached hydrogens (tertiary/aromatic N) is 2. The van der Waals surface area contributed by atoms with E-state index in [9.17, 15) is 22.7 Å². The Balaban J connectivity index is 1.55.